The van der Waals surface area contributed by atoms with Crippen molar-refractivity contribution in [1.82, 2.24) is 18.9 Å². The third-order valence-corrected chi connectivity index (χ3v) is 4.67. The molecule has 7 nitrogen and oxygen atoms in total. The van der Waals surface area contributed by atoms with E-state index in [-0.39, 0.29) is 17.4 Å². The molecule has 0 saturated carbocycles. The molecule has 1 aliphatic heterocycles. The Hall–Kier alpha value is -1.44. The summed E-state index contributed by atoms with van der Waals surface area (Å²) >= 11 is 0. The molecule has 0 aromatic carbocycles. The molecule has 0 radical (unpaired) electrons. The van der Waals surface area contributed by atoms with Crippen LogP contribution >= 0.6 is 0 Å². The maximum absolute atomic E-state index is 12.0. The largest absolute Gasteiger partial charge is 0.392 e. The van der Waals surface area contributed by atoms with Crippen LogP contribution in [0.1, 0.15) is 26.0 Å². The van der Waals surface area contributed by atoms with Gasteiger partial charge in [0.05, 0.1) is 6.10 Å². The molecule has 0 aliphatic carbocycles. The van der Waals surface area contributed by atoms with Gasteiger partial charge in [-0.15, -0.1) is 0 Å². The van der Waals surface area contributed by atoms with E-state index >= 15 is 0 Å². The predicted molar refractivity (Wildman–Crippen MR) is 89.5 cm³/mol. The number of hydrogen-bond acceptors (Lipinski definition) is 5. The molecule has 0 spiro atoms. The molecule has 1 aliphatic rings. The maximum atomic E-state index is 12.0. The zero-order valence-electron chi connectivity index (χ0n) is 14.5. The van der Waals surface area contributed by atoms with Crippen LogP contribution in [0.25, 0.3) is 0 Å². The minimum Gasteiger partial charge on any atom is -0.392 e. The SMILES string of the molecule is CC[C@H]1CN(Cc2cc(=O)n(C)c(=O)n2C)CCN1C[C@@H](C)O. The molecule has 0 amide bonds. The molecule has 1 saturated heterocycles. The van der Waals surface area contributed by atoms with Gasteiger partial charge in [0.15, 0.2) is 0 Å². The molecule has 2 rings (SSSR count). The number of aliphatic hydroxyl groups is 1. The highest BCUT2D eigenvalue weighted by molar-refractivity contribution is 5.03. The quantitative estimate of drug-likeness (QED) is 0.780. The Labute approximate surface area is 136 Å². The first kappa shape index (κ1) is 17.9. The standard InChI is InChI=1S/C16H28N4O3/c1-5-13-10-19(6-7-20(13)9-12(2)21)11-14-8-15(22)18(4)16(23)17(14)3/h8,12-13,21H,5-7,9-11H2,1-4H3/t12-,13+/m1/s1. The molecule has 1 fully saturated rings. The van der Waals surface area contributed by atoms with E-state index in [1.54, 1.807) is 17.7 Å². The van der Waals surface area contributed by atoms with Gasteiger partial charge in [-0.05, 0) is 13.3 Å². The third-order valence-electron chi connectivity index (χ3n) is 4.67. The van der Waals surface area contributed by atoms with E-state index < -0.39 is 0 Å². The summed E-state index contributed by atoms with van der Waals surface area (Å²) in [4.78, 5) is 28.5. The summed E-state index contributed by atoms with van der Waals surface area (Å²) in [6.45, 7) is 7.89. The van der Waals surface area contributed by atoms with Crippen LogP contribution in [0.2, 0.25) is 0 Å². The first-order valence-corrected chi connectivity index (χ1v) is 8.23. The van der Waals surface area contributed by atoms with E-state index in [4.69, 9.17) is 0 Å². The van der Waals surface area contributed by atoms with Gasteiger partial charge in [0.1, 0.15) is 0 Å². The number of piperazine rings is 1. The van der Waals surface area contributed by atoms with E-state index in [9.17, 15) is 14.7 Å². The summed E-state index contributed by atoms with van der Waals surface area (Å²) in [6, 6.07) is 1.94. The summed E-state index contributed by atoms with van der Waals surface area (Å²) in [5.41, 5.74) is 0.201. The molecular formula is C16H28N4O3. The van der Waals surface area contributed by atoms with Gasteiger partial charge < -0.3 is 5.11 Å². The molecule has 2 atom stereocenters. The summed E-state index contributed by atoms with van der Waals surface area (Å²) in [7, 11) is 3.20. The van der Waals surface area contributed by atoms with E-state index in [0.717, 1.165) is 36.3 Å². The normalized spacial score (nSPS) is 21.5. The van der Waals surface area contributed by atoms with Crippen molar-refractivity contribution in [3.05, 3.63) is 32.6 Å². The van der Waals surface area contributed by atoms with Crippen molar-refractivity contribution in [2.24, 2.45) is 14.1 Å². The molecule has 1 N–H and O–H groups in total. The number of β-amino-alcohol motifs (C(OH)–C–C–N with tert-alkyl or cyclic N) is 1. The van der Waals surface area contributed by atoms with Crippen LogP contribution in [0.3, 0.4) is 0 Å². The molecule has 7 heteroatoms. The molecule has 23 heavy (non-hydrogen) atoms. The van der Waals surface area contributed by atoms with Crippen LogP contribution < -0.4 is 11.2 Å². The Bertz CT molecular complexity index is 650. The summed E-state index contributed by atoms with van der Waals surface area (Å²) in [5.74, 6) is 0. The van der Waals surface area contributed by atoms with E-state index in [0.29, 0.717) is 19.1 Å². The summed E-state index contributed by atoms with van der Waals surface area (Å²) < 4.78 is 2.67. The predicted octanol–water partition coefficient (Wildman–Crippen LogP) is -0.639. The third kappa shape index (κ3) is 4.10. The highest BCUT2D eigenvalue weighted by atomic mass is 16.3. The van der Waals surface area contributed by atoms with Crippen LogP contribution in [0.15, 0.2) is 15.7 Å². The van der Waals surface area contributed by atoms with Gasteiger partial charge in [0.25, 0.3) is 5.56 Å². The first-order chi connectivity index (χ1) is 10.8. The Morgan fingerprint density at radius 2 is 1.96 bits per heavy atom. The Kier molecular flexibility index (Phi) is 5.78. The van der Waals surface area contributed by atoms with Gasteiger partial charge in [0, 0.05) is 64.6 Å². The second-order valence-electron chi connectivity index (χ2n) is 6.52. The van der Waals surface area contributed by atoms with Crippen molar-refractivity contribution >= 4 is 0 Å². The van der Waals surface area contributed by atoms with Crippen molar-refractivity contribution in [2.75, 3.05) is 26.2 Å². The zero-order chi connectivity index (χ0) is 17.1. The van der Waals surface area contributed by atoms with Crippen molar-refractivity contribution in [3.63, 3.8) is 0 Å². The van der Waals surface area contributed by atoms with Gasteiger partial charge in [-0.2, -0.15) is 0 Å². The molecule has 1 aromatic rings. The summed E-state index contributed by atoms with van der Waals surface area (Å²) in [6.07, 6.45) is 0.687. The Morgan fingerprint density at radius 3 is 2.57 bits per heavy atom. The molecule has 1 aromatic heterocycles. The van der Waals surface area contributed by atoms with Gasteiger partial charge in [-0.3, -0.25) is 23.7 Å². The van der Waals surface area contributed by atoms with Crippen LogP contribution in [0.4, 0.5) is 0 Å². The van der Waals surface area contributed by atoms with E-state index in [2.05, 4.69) is 16.7 Å². The lowest BCUT2D eigenvalue weighted by molar-refractivity contribution is 0.0329. The van der Waals surface area contributed by atoms with Crippen LogP contribution in [0.5, 0.6) is 0 Å². The first-order valence-electron chi connectivity index (χ1n) is 8.23. The molecule has 130 valence electrons. The van der Waals surface area contributed by atoms with Crippen LogP contribution in [-0.4, -0.2) is 62.4 Å². The number of aromatic nitrogens is 2. The van der Waals surface area contributed by atoms with E-state index in [1.165, 1.54) is 7.05 Å². The van der Waals surface area contributed by atoms with Crippen molar-refractivity contribution in [1.29, 1.82) is 0 Å². The van der Waals surface area contributed by atoms with Gasteiger partial charge >= 0.3 is 5.69 Å². The number of hydrogen-bond donors (Lipinski definition) is 1. The smallest absolute Gasteiger partial charge is 0.330 e. The molecule has 0 unspecified atom stereocenters. The van der Waals surface area contributed by atoms with Crippen molar-refractivity contribution < 1.29 is 5.11 Å². The van der Waals surface area contributed by atoms with E-state index in [1.807, 2.05) is 6.92 Å². The fourth-order valence-corrected chi connectivity index (χ4v) is 3.23. The fourth-order valence-electron chi connectivity index (χ4n) is 3.23. The van der Waals surface area contributed by atoms with Crippen LogP contribution in [-0.2, 0) is 20.6 Å². The second-order valence-corrected chi connectivity index (χ2v) is 6.52. The number of aliphatic hydroxyl groups excluding tert-OH is 1. The highest BCUT2D eigenvalue weighted by Crippen LogP contribution is 2.15. The monoisotopic (exact) mass is 324 g/mol. The van der Waals surface area contributed by atoms with Crippen LogP contribution in [0, 0.1) is 0 Å². The average molecular weight is 324 g/mol. The topological polar surface area (TPSA) is 70.7 Å². The number of nitrogens with zero attached hydrogens (tertiary/aromatic N) is 4. The molecular weight excluding hydrogens is 296 g/mol. The summed E-state index contributed by atoms with van der Waals surface area (Å²) in [5, 5.41) is 9.61. The van der Waals surface area contributed by atoms with Gasteiger partial charge in [0.2, 0.25) is 0 Å². The van der Waals surface area contributed by atoms with Crippen molar-refractivity contribution in [2.45, 2.75) is 39.0 Å². The minimum absolute atomic E-state index is 0.261. The highest BCUT2D eigenvalue weighted by Gasteiger charge is 2.26. The Morgan fingerprint density at radius 1 is 1.26 bits per heavy atom. The molecule has 0 bridgehead atoms. The lowest BCUT2D eigenvalue weighted by Gasteiger charge is -2.41. The van der Waals surface area contributed by atoms with Gasteiger partial charge in [-0.1, -0.05) is 6.92 Å². The average Bonchev–Trinajstić information content (AvgIpc) is 2.51. The zero-order valence-corrected chi connectivity index (χ0v) is 14.5. The van der Waals surface area contributed by atoms with Gasteiger partial charge in [-0.25, -0.2) is 4.79 Å². The lowest BCUT2D eigenvalue weighted by Crippen LogP contribution is -2.54. The minimum atomic E-state index is -0.325. The lowest BCUT2D eigenvalue weighted by atomic mass is 10.1. The Balaban J connectivity index is 2.11. The molecule has 2 heterocycles. The maximum Gasteiger partial charge on any atom is 0.330 e. The number of rotatable bonds is 5. The second kappa shape index (κ2) is 7.42. The fraction of sp³-hybridized carbons (Fsp3) is 0.750. The van der Waals surface area contributed by atoms with Crippen molar-refractivity contribution in [3.8, 4) is 0 Å².